The maximum atomic E-state index is 11.1. The van der Waals surface area contributed by atoms with Crippen molar-refractivity contribution in [2.75, 3.05) is 6.61 Å². The zero-order valence-corrected chi connectivity index (χ0v) is 7.38. The Balaban J connectivity index is 1.87. The lowest BCUT2D eigenvalue weighted by Gasteiger charge is -2.01. The first-order chi connectivity index (χ1) is 5.83. The summed E-state index contributed by atoms with van der Waals surface area (Å²) in [5.74, 6) is 0.176. The van der Waals surface area contributed by atoms with Crippen LogP contribution in [-0.2, 0) is 4.79 Å². The van der Waals surface area contributed by atoms with Crippen LogP contribution in [0.4, 0.5) is 0 Å². The van der Waals surface area contributed by atoms with Gasteiger partial charge in [-0.1, -0.05) is 6.42 Å². The second kappa shape index (κ2) is 5.14. The van der Waals surface area contributed by atoms with Crippen LogP contribution >= 0.6 is 0 Å². The normalized spacial score (nSPS) is 16.1. The SMILES string of the molecule is O=C(CCCCCO)NC1CC1. The lowest BCUT2D eigenvalue weighted by atomic mass is 10.2. The molecule has 1 saturated carbocycles. The highest BCUT2D eigenvalue weighted by Crippen LogP contribution is 2.18. The molecule has 0 atom stereocenters. The summed E-state index contributed by atoms with van der Waals surface area (Å²) in [7, 11) is 0. The molecule has 0 bridgehead atoms. The van der Waals surface area contributed by atoms with E-state index in [0.717, 1.165) is 32.1 Å². The largest absolute Gasteiger partial charge is 0.396 e. The molecule has 3 nitrogen and oxygen atoms in total. The summed E-state index contributed by atoms with van der Waals surface area (Å²) in [6.45, 7) is 0.240. The molecule has 0 saturated heterocycles. The highest BCUT2D eigenvalue weighted by atomic mass is 16.2. The molecule has 1 aliphatic carbocycles. The van der Waals surface area contributed by atoms with Gasteiger partial charge >= 0.3 is 0 Å². The number of unbranched alkanes of at least 4 members (excludes halogenated alkanes) is 2. The first-order valence-electron chi connectivity index (χ1n) is 4.73. The van der Waals surface area contributed by atoms with Gasteiger partial charge in [0.15, 0.2) is 0 Å². The fourth-order valence-corrected chi connectivity index (χ4v) is 1.10. The predicted octanol–water partition coefficient (Wildman–Crippen LogP) is 0.818. The fraction of sp³-hybridized carbons (Fsp3) is 0.889. The third kappa shape index (κ3) is 4.34. The number of carbonyl (C=O) groups excluding carboxylic acids is 1. The van der Waals surface area contributed by atoms with Gasteiger partial charge < -0.3 is 10.4 Å². The second-order valence-corrected chi connectivity index (χ2v) is 3.38. The monoisotopic (exact) mass is 171 g/mol. The Morgan fingerprint density at radius 1 is 1.33 bits per heavy atom. The molecule has 1 rings (SSSR count). The Labute approximate surface area is 73.2 Å². The van der Waals surface area contributed by atoms with Crippen LogP contribution in [-0.4, -0.2) is 23.7 Å². The van der Waals surface area contributed by atoms with E-state index >= 15 is 0 Å². The van der Waals surface area contributed by atoms with Gasteiger partial charge in [0.1, 0.15) is 0 Å². The Bertz CT molecular complexity index is 143. The average Bonchev–Trinajstić information content (AvgIpc) is 2.82. The minimum atomic E-state index is 0.176. The summed E-state index contributed by atoms with van der Waals surface area (Å²) >= 11 is 0. The minimum Gasteiger partial charge on any atom is -0.396 e. The first-order valence-corrected chi connectivity index (χ1v) is 4.73. The van der Waals surface area contributed by atoms with Crippen molar-refractivity contribution in [1.29, 1.82) is 0 Å². The highest BCUT2D eigenvalue weighted by Gasteiger charge is 2.22. The van der Waals surface area contributed by atoms with Crippen molar-refractivity contribution in [3.63, 3.8) is 0 Å². The molecule has 0 aliphatic heterocycles. The molecule has 0 unspecified atom stereocenters. The van der Waals surface area contributed by atoms with Crippen molar-refractivity contribution in [2.45, 2.75) is 44.6 Å². The molecule has 0 aromatic carbocycles. The predicted molar refractivity (Wildman–Crippen MR) is 46.7 cm³/mol. The van der Waals surface area contributed by atoms with E-state index in [1.54, 1.807) is 0 Å². The van der Waals surface area contributed by atoms with Crippen molar-refractivity contribution in [2.24, 2.45) is 0 Å². The number of hydrogen-bond acceptors (Lipinski definition) is 2. The molecule has 0 radical (unpaired) electrons. The third-order valence-corrected chi connectivity index (χ3v) is 2.00. The van der Waals surface area contributed by atoms with Gasteiger partial charge in [0.05, 0.1) is 0 Å². The molecule has 3 heteroatoms. The maximum Gasteiger partial charge on any atom is 0.220 e. The van der Waals surface area contributed by atoms with Gasteiger partial charge in [0.25, 0.3) is 0 Å². The number of rotatable bonds is 6. The van der Waals surface area contributed by atoms with Crippen LogP contribution in [0.2, 0.25) is 0 Å². The Kier molecular flexibility index (Phi) is 4.08. The van der Waals surface area contributed by atoms with Gasteiger partial charge in [-0.2, -0.15) is 0 Å². The fourth-order valence-electron chi connectivity index (χ4n) is 1.10. The molecule has 0 aromatic rings. The topological polar surface area (TPSA) is 49.3 Å². The second-order valence-electron chi connectivity index (χ2n) is 3.38. The van der Waals surface area contributed by atoms with Crippen LogP contribution in [0.25, 0.3) is 0 Å². The van der Waals surface area contributed by atoms with Crippen LogP contribution < -0.4 is 5.32 Å². The van der Waals surface area contributed by atoms with E-state index in [2.05, 4.69) is 5.32 Å². The first kappa shape index (κ1) is 9.52. The molecule has 2 N–H and O–H groups in total. The van der Waals surface area contributed by atoms with Crippen molar-refractivity contribution in [1.82, 2.24) is 5.32 Å². The third-order valence-electron chi connectivity index (χ3n) is 2.00. The van der Waals surface area contributed by atoms with Gasteiger partial charge in [-0.15, -0.1) is 0 Å². The number of aliphatic hydroxyl groups is 1. The van der Waals surface area contributed by atoms with Gasteiger partial charge in [-0.3, -0.25) is 4.79 Å². The molecule has 0 spiro atoms. The quantitative estimate of drug-likeness (QED) is 0.581. The van der Waals surface area contributed by atoms with E-state index < -0.39 is 0 Å². The van der Waals surface area contributed by atoms with Crippen LogP contribution in [0.15, 0.2) is 0 Å². The molecule has 12 heavy (non-hydrogen) atoms. The number of carbonyl (C=O) groups is 1. The summed E-state index contributed by atoms with van der Waals surface area (Å²) in [4.78, 5) is 11.1. The van der Waals surface area contributed by atoms with E-state index in [9.17, 15) is 4.79 Å². The van der Waals surface area contributed by atoms with Crippen molar-refractivity contribution >= 4 is 5.91 Å². The summed E-state index contributed by atoms with van der Waals surface area (Å²) in [6.07, 6.45) is 5.60. The molecular weight excluding hydrogens is 154 g/mol. The van der Waals surface area contributed by atoms with E-state index in [1.807, 2.05) is 0 Å². The van der Waals surface area contributed by atoms with Gasteiger partial charge in [-0.25, -0.2) is 0 Å². The number of hydrogen-bond donors (Lipinski definition) is 2. The van der Waals surface area contributed by atoms with E-state index in [4.69, 9.17) is 5.11 Å². The van der Waals surface area contributed by atoms with Crippen molar-refractivity contribution < 1.29 is 9.90 Å². The standard InChI is InChI=1S/C9H17NO2/c11-7-3-1-2-4-9(12)10-8-5-6-8/h8,11H,1-7H2,(H,10,12). The van der Waals surface area contributed by atoms with E-state index in [-0.39, 0.29) is 12.5 Å². The Hall–Kier alpha value is -0.570. The lowest BCUT2D eigenvalue weighted by molar-refractivity contribution is -0.121. The summed E-state index contributed by atoms with van der Waals surface area (Å²) in [5, 5.41) is 11.4. The van der Waals surface area contributed by atoms with Crippen LogP contribution in [0.5, 0.6) is 0 Å². The molecule has 0 heterocycles. The molecule has 1 aliphatic rings. The average molecular weight is 171 g/mol. The maximum absolute atomic E-state index is 11.1. The minimum absolute atomic E-state index is 0.176. The van der Waals surface area contributed by atoms with Gasteiger partial charge in [0, 0.05) is 19.1 Å². The summed E-state index contributed by atoms with van der Waals surface area (Å²) in [5.41, 5.74) is 0. The Morgan fingerprint density at radius 3 is 2.67 bits per heavy atom. The van der Waals surface area contributed by atoms with E-state index in [0.29, 0.717) is 12.5 Å². The number of aliphatic hydroxyl groups excluding tert-OH is 1. The van der Waals surface area contributed by atoms with Crippen molar-refractivity contribution in [3.8, 4) is 0 Å². The lowest BCUT2D eigenvalue weighted by Crippen LogP contribution is -2.24. The van der Waals surface area contributed by atoms with Crippen LogP contribution in [0.3, 0.4) is 0 Å². The van der Waals surface area contributed by atoms with Gasteiger partial charge in [-0.05, 0) is 25.7 Å². The molecule has 70 valence electrons. The molecular formula is C9H17NO2. The summed E-state index contributed by atoms with van der Waals surface area (Å²) in [6, 6.07) is 0.482. The zero-order chi connectivity index (χ0) is 8.81. The van der Waals surface area contributed by atoms with Crippen LogP contribution in [0, 0.1) is 0 Å². The van der Waals surface area contributed by atoms with Crippen molar-refractivity contribution in [3.05, 3.63) is 0 Å². The Morgan fingerprint density at radius 2 is 2.08 bits per heavy atom. The molecule has 1 amide bonds. The van der Waals surface area contributed by atoms with Crippen LogP contribution in [0.1, 0.15) is 38.5 Å². The molecule has 0 aromatic heterocycles. The number of amides is 1. The highest BCUT2D eigenvalue weighted by molar-refractivity contribution is 5.76. The zero-order valence-electron chi connectivity index (χ0n) is 7.38. The van der Waals surface area contributed by atoms with Gasteiger partial charge in [0.2, 0.25) is 5.91 Å². The summed E-state index contributed by atoms with van der Waals surface area (Å²) < 4.78 is 0. The molecule has 1 fully saturated rings. The smallest absolute Gasteiger partial charge is 0.220 e. The van der Waals surface area contributed by atoms with E-state index in [1.165, 1.54) is 0 Å². The number of nitrogens with one attached hydrogen (secondary N) is 1.